The first-order valence-electron chi connectivity index (χ1n) is 7.65. The standard InChI is InChI=1S/C17H26O6/c1-18-10-23-14-8-11(19-2)6-7-12-13(14)9-15(20-3)17(22-5)16(12)21-4/h9,11,14H,6-8,10H2,1-5H3/t11-,14?/m0/s1. The molecule has 0 aliphatic heterocycles. The highest BCUT2D eigenvalue weighted by Crippen LogP contribution is 2.47. The third kappa shape index (κ3) is 3.71. The minimum atomic E-state index is -0.147. The van der Waals surface area contributed by atoms with Crippen LogP contribution in [0.2, 0.25) is 0 Å². The van der Waals surface area contributed by atoms with Crippen molar-refractivity contribution in [3.05, 3.63) is 17.2 Å². The molecule has 0 bridgehead atoms. The molecule has 0 amide bonds. The second-order valence-electron chi connectivity index (χ2n) is 5.41. The Morgan fingerprint density at radius 2 is 1.74 bits per heavy atom. The lowest BCUT2D eigenvalue weighted by Crippen LogP contribution is -2.16. The van der Waals surface area contributed by atoms with Gasteiger partial charge in [0, 0.05) is 26.2 Å². The van der Waals surface area contributed by atoms with E-state index in [0.717, 1.165) is 30.4 Å². The van der Waals surface area contributed by atoms with Crippen LogP contribution in [0, 0.1) is 0 Å². The summed E-state index contributed by atoms with van der Waals surface area (Å²) < 4.78 is 33.1. The van der Waals surface area contributed by atoms with E-state index in [1.54, 1.807) is 35.5 Å². The van der Waals surface area contributed by atoms with E-state index in [1.807, 2.05) is 6.07 Å². The number of hydrogen-bond acceptors (Lipinski definition) is 6. The minimum Gasteiger partial charge on any atom is -0.493 e. The molecule has 0 saturated heterocycles. The van der Waals surface area contributed by atoms with Crippen molar-refractivity contribution >= 4 is 0 Å². The fraction of sp³-hybridized carbons (Fsp3) is 0.647. The van der Waals surface area contributed by atoms with Gasteiger partial charge in [-0.3, -0.25) is 0 Å². The second kappa shape index (κ2) is 8.38. The van der Waals surface area contributed by atoms with Crippen molar-refractivity contribution in [2.24, 2.45) is 0 Å². The molecule has 1 aromatic carbocycles. The predicted octanol–water partition coefficient (Wildman–Crippen LogP) is 2.73. The van der Waals surface area contributed by atoms with Crippen LogP contribution in [0.4, 0.5) is 0 Å². The van der Waals surface area contributed by atoms with Gasteiger partial charge in [0.2, 0.25) is 5.75 Å². The van der Waals surface area contributed by atoms with Crippen molar-refractivity contribution in [2.45, 2.75) is 31.5 Å². The summed E-state index contributed by atoms with van der Waals surface area (Å²) in [5.41, 5.74) is 2.11. The van der Waals surface area contributed by atoms with Gasteiger partial charge >= 0.3 is 0 Å². The average Bonchev–Trinajstić information content (AvgIpc) is 2.77. The summed E-state index contributed by atoms with van der Waals surface area (Å²) in [6.07, 6.45) is 2.44. The largest absolute Gasteiger partial charge is 0.493 e. The lowest BCUT2D eigenvalue weighted by molar-refractivity contribution is -0.0884. The second-order valence-corrected chi connectivity index (χ2v) is 5.41. The van der Waals surface area contributed by atoms with Crippen molar-refractivity contribution in [1.29, 1.82) is 0 Å². The third-order valence-corrected chi connectivity index (χ3v) is 4.23. The smallest absolute Gasteiger partial charge is 0.203 e. The number of benzene rings is 1. The molecule has 1 aromatic rings. The third-order valence-electron chi connectivity index (χ3n) is 4.23. The fourth-order valence-corrected chi connectivity index (χ4v) is 3.09. The normalized spacial score (nSPS) is 20.6. The van der Waals surface area contributed by atoms with E-state index < -0.39 is 0 Å². The quantitative estimate of drug-likeness (QED) is 0.567. The van der Waals surface area contributed by atoms with Crippen molar-refractivity contribution in [3.8, 4) is 17.2 Å². The van der Waals surface area contributed by atoms with Crippen molar-refractivity contribution in [1.82, 2.24) is 0 Å². The van der Waals surface area contributed by atoms with Crippen molar-refractivity contribution < 1.29 is 28.4 Å². The molecule has 6 heteroatoms. The zero-order valence-electron chi connectivity index (χ0n) is 14.5. The van der Waals surface area contributed by atoms with E-state index in [4.69, 9.17) is 28.4 Å². The Morgan fingerprint density at radius 1 is 1.00 bits per heavy atom. The zero-order chi connectivity index (χ0) is 16.8. The van der Waals surface area contributed by atoms with Crippen molar-refractivity contribution in [3.63, 3.8) is 0 Å². The van der Waals surface area contributed by atoms with Crippen LogP contribution >= 0.6 is 0 Å². The van der Waals surface area contributed by atoms with Gasteiger partial charge in [-0.15, -0.1) is 0 Å². The van der Waals surface area contributed by atoms with E-state index in [9.17, 15) is 0 Å². The zero-order valence-corrected chi connectivity index (χ0v) is 14.5. The van der Waals surface area contributed by atoms with Crippen LogP contribution in [0.1, 0.15) is 30.1 Å². The molecular weight excluding hydrogens is 300 g/mol. The molecule has 1 aliphatic rings. The maximum absolute atomic E-state index is 5.89. The molecule has 0 N–H and O–H groups in total. The van der Waals surface area contributed by atoms with Gasteiger partial charge in [0.15, 0.2) is 11.5 Å². The molecule has 0 radical (unpaired) electrons. The van der Waals surface area contributed by atoms with Gasteiger partial charge in [0.05, 0.1) is 33.5 Å². The van der Waals surface area contributed by atoms with Gasteiger partial charge in [-0.05, 0) is 24.5 Å². The lowest BCUT2D eigenvalue weighted by atomic mass is 9.98. The first kappa shape index (κ1) is 17.8. The Hall–Kier alpha value is -1.50. The monoisotopic (exact) mass is 326 g/mol. The molecular formula is C17H26O6. The number of ether oxygens (including phenoxy) is 6. The average molecular weight is 326 g/mol. The Labute approximate surface area is 137 Å². The minimum absolute atomic E-state index is 0.117. The SMILES string of the molecule is COCOC1C[C@@H](OC)CCc2c1cc(OC)c(OC)c2OC. The summed E-state index contributed by atoms with van der Waals surface area (Å²) in [5.74, 6) is 1.93. The van der Waals surface area contributed by atoms with E-state index in [2.05, 4.69) is 0 Å². The van der Waals surface area contributed by atoms with Gasteiger partial charge in [-0.1, -0.05) is 0 Å². The Morgan fingerprint density at radius 3 is 2.30 bits per heavy atom. The first-order chi connectivity index (χ1) is 11.2. The van der Waals surface area contributed by atoms with Gasteiger partial charge in [0.25, 0.3) is 0 Å². The molecule has 130 valence electrons. The van der Waals surface area contributed by atoms with E-state index >= 15 is 0 Å². The Balaban J connectivity index is 2.53. The summed E-state index contributed by atoms with van der Waals surface area (Å²) in [6.45, 7) is 0.219. The molecule has 23 heavy (non-hydrogen) atoms. The van der Waals surface area contributed by atoms with Crippen LogP contribution in [0.3, 0.4) is 0 Å². The lowest BCUT2D eigenvalue weighted by Gasteiger charge is -2.23. The number of methoxy groups -OCH3 is 5. The summed E-state index contributed by atoms with van der Waals surface area (Å²) in [5, 5.41) is 0. The van der Waals surface area contributed by atoms with Crippen molar-refractivity contribution in [2.75, 3.05) is 42.3 Å². The van der Waals surface area contributed by atoms with Crippen LogP contribution in [0.15, 0.2) is 6.07 Å². The number of fused-ring (bicyclic) bond motifs is 1. The molecule has 0 fully saturated rings. The first-order valence-corrected chi connectivity index (χ1v) is 7.65. The molecule has 2 atom stereocenters. The van der Waals surface area contributed by atoms with Crippen LogP contribution in [0.25, 0.3) is 0 Å². The highest BCUT2D eigenvalue weighted by atomic mass is 16.7. The summed E-state index contributed by atoms with van der Waals surface area (Å²) in [4.78, 5) is 0. The Bertz CT molecular complexity index is 516. The van der Waals surface area contributed by atoms with E-state index in [1.165, 1.54) is 0 Å². The molecule has 0 spiro atoms. The molecule has 1 unspecified atom stereocenters. The maximum atomic E-state index is 5.89. The van der Waals surface area contributed by atoms with E-state index in [-0.39, 0.29) is 19.0 Å². The van der Waals surface area contributed by atoms with Crippen LogP contribution < -0.4 is 14.2 Å². The number of rotatable bonds is 7. The fourth-order valence-electron chi connectivity index (χ4n) is 3.09. The topological polar surface area (TPSA) is 55.4 Å². The van der Waals surface area contributed by atoms with E-state index in [0.29, 0.717) is 17.2 Å². The molecule has 1 aliphatic carbocycles. The molecule has 6 nitrogen and oxygen atoms in total. The van der Waals surface area contributed by atoms with Gasteiger partial charge in [-0.2, -0.15) is 0 Å². The van der Waals surface area contributed by atoms with Crippen LogP contribution in [0.5, 0.6) is 17.2 Å². The van der Waals surface area contributed by atoms with Gasteiger partial charge < -0.3 is 28.4 Å². The highest BCUT2D eigenvalue weighted by Gasteiger charge is 2.30. The summed E-state index contributed by atoms with van der Waals surface area (Å²) in [7, 11) is 8.21. The number of hydrogen-bond donors (Lipinski definition) is 0. The molecule has 2 rings (SSSR count). The molecule has 0 saturated carbocycles. The summed E-state index contributed by atoms with van der Waals surface area (Å²) >= 11 is 0. The van der Waals surface area contributed by atoms with Crippen LogP contribution in [-0.2, 0) is 20.6 Å². The molecule has 0 aromatic heterocycles. The Kier molecular flexibility index (Phi) is 6.50. The van der Waals surface area contributed by atoms with Crippen LogP contribution in [-0.4, -0.2) is 48.4 Å². The van der Waals surface area contributed by atoms with Gasteiger partial charge in [0.1, 0.15) is 6.79 Å². The summed E-state index contributed by atoms with van der Waals surface area (Å²) in [6, 6.07) is 1.97. The predicted molar refractivity (Wildman–Crippen MR) is 85.5 cm³/mol. The highest BCUT2D eigenvalue weighted by molar-refractivity contribution is 5.60. The van der Waals surface area contributed by atoms with Gasteiger partial charge in [-0.25, -0.2) is 0 Å². The maximum Gasteiger partial charge on any atom is 0.203 e. The molecule has 0 heterocycles.